The summed E-state index contributed by atoms with van der Waals surface area (Å²) in [4.78, 5) is 13.7. The second-order valence-electron chi connectivity index (χ2n) is 5.54. The highest BCUT2D eigenvalue weighted by Gasteiger charge is 2.34. The van der Waals surface area contributed by atoms with Crippen LogP contribution in [0, 0.1) is 12.8 Å². The minimum Gasteiger partial charge on any atom is -0.339 e. The van der Waals surface area contributed by atoms with Crippen LogP contribution in [0.4, 0.5) is 0 Å². The number of hydrogen-bond acceptors (Lipinski definition) is 4. The van der Waals surface area contributed by atoms with Crippen molar-refractivity contribution in [3.05, 3.63) is 17.5 Å². The van der Waals surface area contributed by atoms with Gasteiger partial charge in [-0.2, -0.15) is 5.10 Å². The lowest BCUT2D eigenvalue weighted by atomic mass is 10.1. The molecule has 7 nitrogen and oxygen atoms in total. The molecule has 0 bridgehead atoms. The standard InChI is InChI=1S/C12H20N4O3S/c1-8-3-11(15-14-8)4-9(2)16-6-10(5-12(16)17)7-20(13,18)19/h3,9-10H,4-7H2,1-2H3,(H,14,15)(H2,13,18,19). The summed E-state index contributed by atoms with van der Waals surface area (Å²) in [5.41, 5.74) is 1.88. The van der Waals surface area contributed by atoms with Gasteiger partial charge in [0, 0.05) is 37.0 Å². The molecule has 0 aromatic carbocycles. The van der Waals surface area contributed by atoms with Gasteiger partial charge in [-0.25, -0.2) is 13.6 Å². The van der Waals surface area contributed by atoms with Gasteiger partial charge >= 0.3 is 0 Å². The third-order valence-corrected chi connectivity index (χ3v) is 4.44. The molecule has 2 unspecified atom stereocenters. The van der Waals surface area contributed by atoms with Crippen molar-refractivity contribution in [2.75, 3.05) is 12.3 Å². The largest absolute Gasteiger partial charge is 0.339 e. The zero-order chi connectivity index (χ0) is 14.9. The molecule has 1 aromatic rings. The van der Waals surface area contributed by atoms with Gasteiger partial charge in [0.05, 0.1) is 11.4 Å². The predicted molar refractivity (Wildman–Crippen MR) is 74.3 cm³/mol. The minimum absolute atomic E-state index is 0.00400. The van der Waals surface area contributed by atoms with Crippen LogP contribution in [0.2, 0.25) is 0 Å². The Morgan fingerprint density at radius 3 is 2.85 bits per heavy atom. The van der Waals surface area contributed by atoms with Gasteiger partial charge < -0.3 is 4.90 Å². The number of rotatable bonds is 5. The van der Waals surface area contributed by atoms with Gasteiger partial charge in [-0.3, -0.25) is 9.89 Å². The summed E-state index contributed by atoms with van der Waals surface area (Å²) in [7, 11) is -3.53. The first-order chi connectivity index (χ1) is 9.24. The number of H-pyrrole nitrogens is 1. The van der Waals surface area contributed by atoms with E-state index >= 15 is 0 Å². The fraction of sp³-hybridized carbons (Fsp3) is 0.667. The number of carbonyl (C=O) groups is 1. The normalized spacial score (nSPS) is 21.4. The quantitative estimate of drug-likeness (QED) is 0.783. The Balaban J connectivity index is 1.97. The molecule has 8 heteroatoms. The molecule has 0 radical (unpaired) electrons. The first-order valence-electron chi connectivity index (χ1n) is 6.55. The molecule has 0 spiro atoms. The van der Waals surface area contributed by atoms with E-state index in [1.807, 2.05) is 19.9 Å². The van der Waals surface area contributed by atoms with Gasteiger partial charge in [-0.1, -0.05) is 0 Å². The van der Waals surface area contributed by atoms with E-state index in [9.17, 15) is 13.2 Å². The van der Waals surface area contributed by atoms with Crippen molar-refractivity contribution in [2.24, 2.45) is 11.1 Å². The minimum atomic E-state index is -3.53. The van der Waals surface area contributed by atoms with Crippen LogP contribution < -0.4 is 5.14 Å². The topological polar surface area (TPSA) is 109 Å². The number of aromatic nitrogens is 2. The zero-order valence-corrected chi connectivity index (χ0v) is 12.5. The zero-order valence-electron chi connectivity index (χ0n) is 11.7. The first kappa shape index (κ1) is 15.0. The summed E-state index contributed by atoms with van der Waals surface area (Å²) < 4.78 is 22.2. The second kappa shape index (κ2) is 5.53. The molecule has 1 aliphatic rings. The number of hydrogen-bond donors (Lipinski definition) is 2. The van der Waals surface area contributed by atoms with Crippen LogP contribution in [0.1, 0.15) is 24.7 Å². The number of primary sulfonamides is 1. The number of sulfonamides is 1. The van der Waals surface area contributed by atoms with Crippen molar-refractivity contribution >= 4 is 15.9 Å². The Morgan fingerprint density at radius 1 is 1.60 bits per heavy atom. The van der Waals surface area contributed by atoms with Crippen LogP contribution in [0.15, 0.2) is 6.07 Å². The van der Waals surface area contributed by atoms with Crippen molar-refractivity contribution in [3.8, 4) is 0 Å². The number of nitrogens with one attached hydrogen (secondary N) is 1. The number of aromatic amines is 1. The van der Waals surface area contributed by atoms with E-state index in [0.717, 1.165) is 11.4 Å². The molecule has 0 aliphatic carbocycles. The van der Waals surface area contributed by atoms with Crippen molar-refractivity contribution in [2.45, 2.75) is 32.7 Å². The molecule has 1 aliphatic heterocycles. The van der Waals surface area contributed by atoms with Crippen LogP contribution in [0.25, 0.3) is 0 Å². The van der Waals surface area contributed by atoms with E-state index in [1.54, 1.807) is 4.90 Å². The summed E-state index contributed by atoms with van der Waals surface area (Å²) in [5.74, 6) is -0.358. The average Bonchev–Trinajstić information content (AvgIpc) is 2.83. The molecule has 2 atom stereocenters. The lowest BCUT2D eigenvalue weighted by Gasteiger charge is -2.24. The number of nitrogens with zero attached hydrogens (tertiary/aromatic N) is 2. The van der Waals surface area contributed by atoms with Gasteiger partial charge in [-0.05, 0) is 19.9 Å². The van der Waals surface area contributed by atoms with E-state index in [0.29, 0.717) is 13.0 Å². The van der Waals surface area contributed by atoms with Crippen LogP contribution in [0.3, 0.4) is 0 Å². The summed E-state index contributed by atoms with van der Waals surface area (Å²) in [6.07, 6.45) is 0.901. The molecule has 1 amide bonds. The van der Waals surface area contributed by atoms with Crippen molar-refractivity contribution in [3.63, 3.8) is 0 Å². The van der Waals surface area contributed by atoms with E-state index < -0.39 is 10.0 Å². The predicted octanol–water partition coefficient (Wildman–Crippen LogP) is -0.214. The Labute approximate surface area is 118 Å². The lowest BCUT2D eigenvalue weighted by Crippen LogP contribution is -2.36. The van der Waals surface area contributed by atoms with Crippen LogP contribution >= 0.6 is 0 Å². The molecule has 2 heterocycles. The smallest absolute Gasteiger partial charge is 0.223 e. The van der Waals surface area contributed by atoms with Gasteiger partial charge in [0.25, 0.3) is 0 Å². The van der Waals surface area contributed by atoms with Crippen molar-refractivity contribution in [1.29, 1.82) is 0 Å². The third kappa shape index (κ3) is 3.80. The van der Waals surface area contributed by atoms with Crippen LogP contribution in [-0.2, 0) is 21.2 Å². The fourth-order valence-electron chi connectivity index (χ4n) is 2.67. The molecular weight excluding hydrogens is 280 g/mol. The van der Waals surface area contributed by atoms with Crippen molar-refractivity contribution in [1.82, 2.24) is 15.1 Å². The highest BCUT2D eigenvalue weighted by molar-refractivity contribution is 7.89. The van der Waals surface area contributed by atoms with Gasteiger partial charge in [0.1, 0.15) is 0 Å². The molecule has 1 saturated heterocycles. The van der Waals surface area contributed by atoms with E-state index in [2.05, 4.69) is 10.2 Å². The van der Waals surface area contributed by atoms with Crippen LogP contribution in [0.5, 0.6) is 0 Å². The first-order valence-corrected chi connectivity index (χ1v) is 8.27. The molecule has 1 fully saturated rings. The number of likely N-dealkylation sites (tertiary alicyclic amines) is 1. The third-order valence-electron chi connectivity index (χ3n) is 3.50. The number of aryl methyl sites for hydroxylation is 1. The SMILES string of the molecule is Cc1cc(CC(C)N2CC(CS(N)(=O)=O)CC2=O)n[nH]1. The average molecular weight is 300 g/mol. The van der Waals surface area contributed by atoms with Gasteiger partial charge in [0.2, 0.25) is 15.9 Å². The van der Waals surface area contributed by atoms with Crippen molar-refractivity contribution < 1.29 is 13.2 Å². The van der Waals surface area contributed by atoms with E-state index in [-0.39, 0.29) is 30.0 Å². The Bertz CT molecular complexity index is 596. The summed E-state index contributed by atoms with van der Waals surface area (Å²) in [6, 6.07) is 1.94. The maximum atomic E-state index is 12.0. The van der Waals surface area contributed by atoms with E-state index in [4.69, 9.17) is 5.14 Å². The van der Waals surface area contributed by atoms with Gasteiger partial charge in [-0.15, -0.1) is 0 Å². The lowest BCUT2D eigenvalue weighted by molar-refractivity contribution is -0.129. The highest BCUT2D eigenvalue weighted by Crippen LogP contribution is 2.22. The molecule has 2 rings (SSSR count). The Hall–Kier alpha value is -1.41. The summed E-state index contributed by atoms with van der Waals surface area (Å²) >= 11 is 0. The molecular formula is C12H20N4O3S. The van der Waals surface area contributed by atoms with Crippen LogP contribution in [-0.4, -0.2) is 47.8 Å². The van der Waals surface area contributed by atoms with Gasteiger partial charge in [0.15, 0.2) is 0 Å². The maximum Gasteiger partial charge on any atom is 0.223 e. The highest BCUT2D eigenvalue weighted by atomic mass is 32.2. The number of amides is 1. The summed E-state index contributed by atoms with van der Waals surface area (Å²) in [5, 5.41) is 12.1. The fourth-order valence-corrected chi connectivity index (χ4v) is 3.55. The molecule has 0 saturated carbocycles. The Kier molecular flexibility index (Phi) is 4.14. The molecule has 1 aromatic heterocycles. The summed E-state index contributed by atoms with van der Waals surface area (Å²) in [6.45, 7) is 4.31. The number of carbonyl (C=O) groups excluding carboxylic acids is 1. The second-order valence-corrected chi connectivity index (χ2v) is 7.20. The molecule has 112 valence electrons. The monoisotopic (exact) mass is 300 g/mol. The molecule has 3 N–H and O–H groups in total. The van der Waals surface area contributed by atoms with E-state index in [1.165, 1.54) is 0 Å². The Morgan fingerprint density at radius 2 is 2.30 bits per heavy atom. The maximum absolute atomic E-state index is 12.0. The number of nitrogens with two attached hydrogens (primary N) is 1. The molecule has 20 heavy (non-hydrogen) atoms.